The predicted octanol–water partition coefficient (Wildman–Crippen LogP) is 3.89. The van der Waals surface area contributed by atoms with E-state index < -0.39 is 5.60 Å². The summed E-state index contributed by atoms with van der Waals surface area (Å²) < 4.78 is 1.87. The number of nitriles is 1. The van der Waals surface area contributed by atoms with Crippen molar-refractivity contribution >= 4 is 16.7 Å². The number of fused-ring (bicyclic) bond motifs is 2. The van der Waals surface area contributed by atoms with Crippen molar-refractivity contribution in [2.24, 2.45) is 10.8 Å². The number of hydrogen-bond donors (Lipinski definition) is 1. The van der Waals surface area contributed by atoms with E-state index in [-0.39, 0.29) is 10.8 Å². The minimum atomic E-state index is -0.694. The Hall–Kier alpha value is -2.98. The third kappa shape index (κ3) is 2.56. The van der Waals surface area contributed by atoms with Gasteiger partial charge in [0.1, 0.15) is 12.1 Å². The molecule has 1 aromatic carbocycles. The van der Waals surface area contributed by atoms with Crippen molar-refractivity contribution in [2.45, 2.75) is 69.4 Å². The Balaban J connectivity index is 1.24. The van der Waals surface area contributed by atoms with Crippen molar-refractivity contribution < 1.29 is 5.11 Å². The molecule has 168 valence electrons. The van der Waals surface area contributed by atoms with Gasteiger partial charge in [-0.3, -0.25) is 0 Å². The molecule has 4 heterocycles. The van der Waals surface area contributed by atoms with Gasteiger partial charge in [-0.15, -0.1) is 0 Å². The van der Waals surface area contributed by atoms with E-state index in [0.717, 1.165) is 60.3 Å². The van der Waals surface area contributed by atoms with Crippen LogP contribution in [0.15, 0.2) is 36.8 Å². The van der Waals surface area contributed by atoms with Crippen LogP contribution in [0.4, 0.5) is 5.82 Å². The van der Waals surface area contributed by atoms with Crippen LogP contribution in [0.1, 0.15) is 57.9 Å². The molecule has 5 fully saturated rings. The van der Waals surface area contributed by atoms with Crippen LogP contribution in [0.2, 0.25) is 0 Å². The first-order valence-electron chi connectivity index (χ1n) is 12.0. The molecule has 0 atom stereocenters. The highest BCUT2D eigenvalue weighted by atomic mass is 16.3. The van der Waals surface area contributed by atoms with Gasteiger partial charge in [-0.25, -0.2) is 14.6 Å². The summed E-state index contributed by atoms with van der Waals surface area (Å²) in [6.45, 7) is 4.66. The molecular formula is C26H28N6O. The van der Waals surface area contributed by atoms with Gasteiger partial charge in [0.05, 0.1) is 28.8 Å². The normalized spacial score (nSPS) is 28.4. The van der Waals surface area contributed by atoms with Gasteiger partial charge in [0, 0.05) is 29.5 Å². The number of nitrogens with zero attached hydrogens (tertiary/aromatic N) is 6. The molecule has 0 unspecified atom stereocenters. The molecule has 2 aliphatic heterocycles. The summed E-state index contributed by atoms with van der Waals surface area (Å²) in [5.41, 5.74) is 1.41. The average Bonchev–Trinajstić information content (AvgIpc) is 3.11. The Bertz CT molecular complexity index is 1330. The number of aliphatic hydroxyl groups is 1. The Morgan fingerprint density at radius 3 is 2.55 bits per heavy atom. The van der Waals surface area contributed by atoms with Gasteiger partial charge in [-0.05, 0) is 69.4 Å². The second-order valence-corrected chi connectivity index (χ2v) is 11.6. The largest absolute Gasteiger partial charge is 0.390 e. The molecule has 5 aliphatic rings. The van der Waals surface area contributed by atoms with Gasteiger partial charge in [0.2, 0.25) is 0 Å². The molecule has 3 aromatic rings. The second-order valence-electron chi connectivity index (χ2n) is 11.6. The van der Waals surface area contributed by atoms with Crippen molar-refractivity contribution in [3.8, 4) is 11.9 Å². The SMILES string of the molecule is CC(C)(O)C12CC(C1)N(c1cc(-n3ncc4ccc(C5(C#N)CC6(CC6)C5)cc43)ncn1)C2. The molecule has 3 aliphatic carbocycles. The minimum Gasteiger partial charge on any atom is -0.390 e. The fourth-order valence-corrected chi connectivity index (χ4v) is 6.82. The Morgan fingerprint density at radius 1 is 1.12 bits per heavy atom. The molecule has 2 bridgehead atoms. The summed E-state index contributed by atoms with van der Waals surface area (Å²) in [6, 6.07) is 11.4. The molecule has 0 amide bonds. The van der Waals surface area contributed by atoms with Crippen molar-refractivity contribution in [2.75, 3.05) is 11.4 Å². The van der Waals surface area contributed by atoms with Gasteiger partial charge in [-0.1, -0.05) is 12.1 Å². The summed E-state index contributed by atoms with van der Waals surface area (Å²) >= 11 is 0. The maximum Gasteiger partial charge on any atom is 0.159 e. The summed E-state index contributed by atoms with van der Waals surface area (Å²) in [5.74, 6) is 1.61. The fourth-order valence-electron chi connectivity index (χ4n) is 6.82. The first-order valence-corrected chi connectivity index (χ1v) is 12.0. The zero-order valence-electron chi connectivity index (χ0n) is 19.1. The highest BCUT2D eigenvalue weighted by Crippen LogP contribution is 2.68. The lowest BCUT2D eigenvalue weighted by Gasteiger charge is -2.45. The zero-order valence-corrected chi connectivity index (χ0v) is 19.1. The number of hydrogen-bond acceptors (Lipinski definition) is 6. The number of rotatable bonds is 4. The average molecular weight is 441 g/mol. The lowest BCUT2D eigenvalue weighted by molar-refractivity contribution is -0.0754. The molecule has 1 N–H and O–H groups in total. The third-order valence-electron chi connectivity index (χ3n) is 9.26. The zero-order chi connectivity index (χ0) is 22.6. The Kier molecular flexibility index (Phi) is 3.50. The summed E-state index contributed by atoms with van der Waals surface area (Å²) in [6.07, 6.45) is 9.97. The predicted molar refractivity (Wildman–Crippen MR) is 124 cm³/mol. The molecule has 7 nitrogen and oxygen atoms in total. The van der Waals surface area contributed by atoms with Crippen LogP contribution in [0.5, 0.6) is 0 Å². The van der Waals surface area contributed by atoms with E-state index in [1.807, 2.05) is 30.8 Å². The number of aromatic nitrogens is 4. The molecular weight excluding hydrogens is 412 g/mol. The quantitative estimate of drug-likeness (QED) is 0.662. The second kappa shape index (κ2) is 5.92. The van der Waals surface area contributed by atoms with Crippen molar-refractivity contribution in [3.63, 3.8) is 0 Å². The fraction of sp³-hybridized carbons (Fsp3) is 0.538. The van der Waals surface area contributed by atoms with Crippen LogP contribution in [0, 0.1) is 22.2 Å². The molecule has 8 rings (SSSR count). The minimum absolute atomic E-state index is 0.0522. The monoisotopic (exact) mass is 440 g/mol. The summed E-state index contributed by atoms with van der Waals surface area (Å²) in [5, 5.41) is 26.4. The van der Waals surface area contributed by atoms with E-state index in [2.05, 4.69) is 44.2 Å². The van der Waals surface area contributed by atoms with Gasteiger partial charge >= 0.3 is 0 Å². The molecule has 0 radical (unpaired) electrons. The van der Waals surface area contributed by atoms with E-state index in [4.69, 9.17) is 0 Å². The van der Waals surface area contributed by atoms with Crippen LogP contribution in [0.3, 0.4) is 0 Å². The van der Waals surface area contributed by atoms with Crippen molar-refractivity contribution in [1.82, 2.24) is 19.7 Å². The Morgan fingerprint density at radius 2 is 1.88 bits per heavy atom. The van der Waals surface area contributed by atoms with E-state index in [1.165, 1.54) is 12.8 Å². The van der Waals surface area contributed by atoms with Crippen LogP contribution in [-0.2, 0) is 5.41 Å². The molecule has 2 saturated heterocycles. The van der Waals surface area contributed by atoms with Gasteiger partial charge in [-0.2, -0.15) is 10.4 Å². The van der Waals surface area contributed by atoms with Gasteiger partial charge < -0.3 is 10.0 Å². The van der Waals surface area contributed by atoms with Crippen molar-refractivity contribution in [3.05, 3.63) is 42.4 Å². The molecule has 7 heteroatoms. The van der Waals surface area contributed by atoms with Gasteiger partial charge in [0.15, 0.2) is 5.82 Å². The van der Waals surface area contributed by atoms with E-state index in [1.54, 1.807) is 6.33 Å². The molecule has 1 spiro atoms. The molecule has 2 aromatic heterocycles. The standard InChI is InChI=1S/C26H28N6O/c1-23(2,33)26-9-19(10-26)31(15-26)21-8-22(29-16-28-21)32-20-7-18(4-3-17(20)11-30-32)25(14-27)12-24(13-25)5-6-24/h3-4,7-8,11,16,19,33H,5-6,9-10,12-13,15H2,1-2H3. The van der Waals surface area contributed by atoms with E-state index >= 15 is 0 Å². The highest BCUT2D eigenvalue weighted by molar-refractivity contribution is 5.81. The maximum atomic E-state index is 10.7. The van der Waals surface area contributed by atoms with Crippen LogP contribution >= 0.6 is 0 Å². The summed E-state index contributed by atoms with van der Waals surface area (Å²) in [7, 11) is 0. The first-order chi connectivity index (χ1) is 15.8. The Labute approximate surface area is 193 Å². The lowest BCUT2D eigenvalue weighted by atomic mass is 9.57. The first kappa shape index (κ1) is 19.5. The van der Waals surface area contributed by atoms with E-state index in [9.17, 15) is 10.4 Å². The van der Waals surface area contributed by atoms with E-state index in [0.29, 0.717) is 11.5 Å². The third-order valence-corrected chi connectivity index (χ3v) is 9.26. The summed E-state index contributed by atoms with van der Waals surface area (Å²) in [4.78, 5) is 11.4. The van der Waals surface area contributed by atoms with Crippen LogP contribution in [0.25, 0.3) is 16.7 Å². The number of benzene rings is 1. The molecule has 3 saturated carbocycles. The highest BCUT2D eigenvalue weighted by Gasteiger charge is 2.63. The lowest BCUT2D eigenvalue weighted by Crippen LogP contribution is -2.50. The molecule has 33 heavy (non-hydrogen) atoms. The topological polar surface area (TPSA) is 90.9 Å². The van der Waals surface area contributed by atoms with Crippen LogP contribution in [-0.4, -0.2) is 43.0 Å². The van der Waals surface area contributed by atoms with Gasteiger partial charge in [0.25, 0.3) is 0 Å². The number of anilines is 1. The van der Waals surface area contributed by atoms with Crippen molar-refractivity contribution in [1.29, 1.82) is 5.26 Å². The van der Waals surface area contributed by atoms with Crippen LogP contribution < -0.4 is 4.90 Å². The smallest absolute Gasteiger partial charge is 0.159 e. The maximum absolute atomic E-state index is 10.7.